The smallest absolute Gasteiger partial charge is 0.0648 e. The molecule has 1 aromatic heterocycles. The Morgan fingerprint density at radius 3 is 2.70 bits per heavy atom. The van der Waals surface area contributed by atoms with E-state index in [-0.39, 0.29) is 12.1 Å². The first-order valence-corrected chi connectivity index (χ1v) is 7.52. The molecule has 1 aromatic carbocycles. The van der Waals surface area contributed by atoms with E-state index < -0.39 is 0 Å². The van der Waals surface area contributed by atoms with Gasteiger partial charge in [0.1, 0.15) is 0 Å². The Labute approximate surface area is 120 Å². The van der Waals surface area contributed by atoms with E-state index in [1.165, 1.54) is 10.8 Å². The van der Waals surface area contributed by atoms with Crippen LogP contribution in [0.2, 0.25) is 0 Å². The second-order valence-electron chi connectivity index (χ2n) is 5.81. The quantitative estimate of drug-likeness (QED) is 0.900. The molecule has 0 amide bonds. The monoisotopic (exact) mass is 270 g/mol. The number of nitrogens with zero attached hydrogens (tertiary/aromatic N) is 1. The third-order valence-corrected chi connectivity index (χ3v) is 4.30. The number of aromatic nitrogens is 1. The Bertz CT molecular complexity index is 571. The van der Waals surface area contributed by atoms with Gasteiger partial charge in [-0.2, -0.15) is 0 Å². The number of hydrogen-bond acceptors (Lipinski definition) is 3. The summed E-state index contributed by atoms with van der Waals surface area (Å²) in [5.41, 5.74) is 1.12. The molecule has 1 heterocycles. The Balaban J connectivity index is 1.77. The molecule has 1 aliphatic rings. The van der Waals surface area contributed by atoms with Crippen molar-refractivity contribution in [2.45, 2.75) is 50.8 Å². The number of hydrogen-bond donors (Lipinski definition) is 2. The van der Waals surface area contributed by atoms with Crippen LogP contribution in [-0.2, 0) is 0 Å². The Hall–Kier alpha value is -1.45. The van der Waals surface area contributed by atoms with Crippen molar-refractivity contribution in [3.8, 4) is 0 Å². The van der Waals surface area contributed by atoms with Crippen molar-refractivity contribution in [1.82, 2.24) is 10.3 Å². The summed E-state index contributed by atoms with van der Waals surface area (Å²) in [7, 11) is 0. The van der Waals surface area contributed by atoms with E-state index in [9.17, 15) is 5.11 Å². The molecule has 2 aromatic rings. The molecule has 0 spiro atoms. The van der Waals surface area contributed by atoms with Crippen molar-refractivity contribution in [1.29, 1.82) is 0 Å². The van der Waals surface area contributed by atoms with E-state index in [0.29, 0.717) is 6.04 Å². The topological polar surface area (TPSA) is 45.1 Å². The molecule has 1 aliphatic carbocycles. The minimum absolute atomic E-state index is 0.0981. The highest BCUT2D eigenvalue weighted by Crippen LogP contribution is 2.25. The normalized spacial score (nSPS) is 24.7. The number of aliphatic hydroxyl groups is 1. The molecule has 20 heavy (non-hydrogen) atoms. The van der Waals surface area contributed by atoms with Crippen molar-refractivity contribution in [2.75, 3.05) is 0 Å². The lowest BCUT2D eigenvalue weighted by Gasteiger charge is -2.29. The lowest BCUT2D eigenvalue weighted by molar-refractivity contribution is 0.114. The minimum Gasteiger partial charge on any atom is -0.393 e. The summed E-state index contributed by atoms with van der Waals surface area (Å²) in [6, 6.07) is 11.2. The molecule has 106 valence electrons. The second kappa shape index (κ2) is 5.90. The fraction of sp³-hybridized carbons (Fsp3) is 0.471. The molecule has 3 heteroatoms. The van der Waals surface area contributed by atoms with Crippen molar-refractivity contribution in [3.05, 3.63) is 42.2 Å². The van der Waals surface area contributed by atoms with Crippen LogP contribution in [0.3, 0.4) is 0 Å². The first-order valence-electron chi connectivity index (χ1n) is 7.52. The molecule has 0 aliphatic heterocycles. The maximum Gasteiger partial charge on any atom is 0.0648 e. The summed E-state index contributed by atoms with van der Waals surface area (Å²) < 4.78 is 0. The van der Waals surface area contributed by atoms with Gasteiger partial charge in [0.25, 0.3) is 0 Å². The zero-order chi connectivity index (χ0) is 13.9. The molecule has 0 bridgehead atoms. The van der Waals surface area contributed by atoms with Crippen LogP contribution in [0, 0.1) is 0 Å². The van der Waals surface area contributed by atoms with E-state index in [2.05, 4.69) is 47.6 Å². The molecule has 1 fully saturated rings. The molecular formula is C17H22N2O. The van der Waals surface area contributed by atoms with Crippen molar-refractivity contribution < 1.29 is 5.11 Å². The predicted octanol–water partition coefficient (Wildman–Crippen LogP) is 3.19. The SMILES string of the molecule is CC(NC1CCC(O)CC1)c1nccc2ccccc12. The van der Waals surface area contributed by atoms with Gasteiger partial charge >= 0.3 is 0 Å². The first kappa shape index (κ1) is 13.5. The first-order chi connectivity index (χ1) is 9.74. The van der Waals surface area contributed by atoms with Gasteiger partial charge in [-0.05, 0) is 44.1 Å². The molecule has 3 rings (SSSR count). The third kappa shape index (κ3) is 2.84. The average molecular weight is 270 g/mol. The Morgan fingerprint density at radius 2 is 1.90 bits per heavy atom. The maximum absolute atomic E-state index is 9.58. The van der Waals surface area contributed by atoms with Gasteiger partial charge in [-0.3, -0.25) is 4.98 Å². The fourth-order valence-electron chi connectivity index (χ4n) is 3.16. The third-order valence-electron chi connectivity index (χ3n) is 4.30. The number of benzene rings is 1. The van der Waals surface area contributed by atoms with Gasteiger partial charge < -0.3 is 10.4 Å². The standard InChI is InChI=1S/C17H22N2O/c1-12(19-14-6-8-15(20)9-7-14)17-16-5-3-2-4-13(16)10-11-18-17/h2-5,10-12,14-15,19-20H,6-9H2,1H3. The number of pyridine rings is 1. The molecule has 2 N–H and O–H groups in total. The molecule has 1 saturated carbocycles. The van der Waals surface area contributed by atoms with Crippen LogP contribution in [0.25, 0.3) is 10.8 Å². The summed E-state index contributed by atoms with van der Waals surface area (Å²) in [6.07, 6.45) is 5.72. The highest BCUT2D eigenvalue weighted by atomic mass is 16.3. The van der Waals surface area contributed by atoms with Crippen LogP contribution in [0.15, 0.2) is 36.5 Å². The highest BCUT2D eigenvalue weighted by Gasteiger charge is 2.21. The molecular weight excluding hydrogens is 248 g/mol. The van der Waals surface area contributed by atoms with E-state index in [1.807, 2.05) is 6.20 Å². The lowest BCUT2D eigenvalue weighted by atomic mass is 9.92. The highest BCUT2D eigenvalue weighted by molar-refractivity contribution is 5.84. The van der Waals surface area contributed by atoms with Crippen LogP contribution < -0.4 is 5.32 Å². The van der Waals surface area contributed by atoms with Crippen molar-refractivity contribution in [3.63, 3.8) is 0 Å². The average Bonchev–Trinajstić information content (AvgIpc) is 2.49. The van der Waals surface area contributed by atoms with Crippen LogP contribution in [-0.4, -0.2) is 22.2 Å². The maximum atomic E-state index is 9.58. The fourth-order valence-corrected chi connectivity index (χ4v) is 3.16. The van der Waals surface area contributed by atoms with Crippen LogP contribution >= 0.6 is 0 Å². The van der Waals surface area contributed by atoms with Gasteiger partial charge in [0.2, 0.25) is 0 Å². The largest absolute Gasteiger partial charge is 0.393 e. The number of fused-ring (bicyclic) bond motifs is 1. The molecule has 0 radical (unpaired) electrons. The van der Waals surface area contributed by atoms with Crippen LogP contribution in [0.1, 0.15) is 44.3 Å². The molecule has 0 saturated heterocycles. The van der Waals surface area contributed by atoms with Gasteiger partial charge in [-0.15, -0.1) is 0 Å². The zero-order valence-electron chi connectivity index (χ0n) is 11.9. The van der Waals surface area contributed by atoms with Crippen molar-refractivity contribution in [2.24, 2.45) is 0 Å². The Kier molecular flexibility index (Phi) is 3.99. The van der Waals surface area contributed by atoms with Crippen LogP contribution in [0.5, 0.6) is 0 Å². The van der Waals surface area contributed by atoms with Crippen molar-refractivity contribution >= 4 is 10.8 Å². The Morgan fingerprint density at radius 1 is 1.15 bits per heavy atom. The summed E-state index contributed by atoms with van der Waals surface area (Å²) in [5.74, 6) is 0. The van der Waals surface area contributed by atoms with E-state index in [4.69, 9.17) is 0 Å². The lowest BCUT2D eigenvalue weighted by Crippen LogP contribution is -2.36. The summed E-state index contributed by atoms with van der Waals surface area (Å²) in [4.78, 5) is 4.58. The number of aliphatic hydroxyl groups excluding tert-OH is 1. The molecule has 1 unspecified atom stereocenters. The molecule has 1 atom stereocenters. The van der Waals surface area contributed by atoms with E-state index >= 15 is 0 Å². The summed E-state index contributed by atoms with van der Waals surface area (Å²) >= 11 is 0. The van der Waals surface area contributed by atoms with E-state index in [0.717, 1.165) is 31.4 Å². The number of rotatable bonds is 3. The van der Waals surface area contributed by atoms with Gasteiger partial charge in [-0.25, -0.2) is 0 Å². The van der Waals surface area contributed by atoms with Gasteiger partial charge in [0, 0.05) is 23.7 Å². The van der Waals surface area contributed by atoms with Crippen LogP contribution in [0.4, 0.5) is 0 Å². The van der Waals surface area contributed by atoms with Gasteiger partial charge in [-0.1, -0.05) is 24.3 Å². The number of nitrogens with one attached hydrogen (secondary N) is 1. The molecule has 3 nitrogen and oxygen atoms in total. The predicted molar refractivity (Wildman–Crippen MR) is 81.6 cm³/mol. The minimum atomic E-state index is -0.0981. The second-order valence-corrected chi connectivity index (χ2v) is 5.81. The van der Waals surface area contributed by atoms with Gasteiger partial charge in [0.15, 0.2) is 0 Å². The zero-order valence-corrected chi connectivity index (χ0v) is 11.9. The summed E-state index contributed by atoms with van der Waals surface area (Å²) in [6.45, 7) is 2.18. The van der Waals surface area contributed by atoms with Gasteiger partial charge in [0.05, 0.1) is 11.8 Å². The van der Waals surface area contributed by atoms with E-state index in [1.54, 1.807) is 0 Å². The summed E-state index contributed by atoms with van der Waals surface area (Å²) in [5, 5.41) is 15.7.